The summed E-state index contributed by atoms with van der Waals surface area (Å²) >= 11 is 0. The number of amides is 1. The number of pyridine rings is 1. The quantitative estimate of drug-likeness (QED) is 0.684. The predicted octanol–water partition coefficient (Wildman–Crippen LogP) is 3.91. The Morgan fingerprint density at radius 2 is 1.71 bits per heavy atom. The molecule has 0 radical (unpaired) electrons. The van der Waals surface area contributed by atoms with Gasteiger partial charge >= 0.3 is 6.09 Å². The molecule has 28 heavy (non-hydrogen) atoms. The first-order chi connectivity index (χ1) is 13.3. The zero-order chi connectivity index (χ0) is 20.8. The molecule has 0 aliphatic rings. The molecular formula is C21H30N2O5. The lowest BCUT2D eigenvalue weighted by atomic mass is 10.1. The molecule has 0 atom stereocenters. The van der Waals surface area contributed by atoms with Gasteiger partial charge in [-0.25, -0.2) is 4.79 Å². The van der Waals surface area contributed by atoms with E-state index in [1.54, 1.807) is 29.9 Å². The third kappa shape index (κ3) is 4.77. The average Bonchev–Trinajstić information content (AvgIpc) is 2.67. The Balaban J connectivity index is 2.59. The predicted molar refractivity (Wildman–Crippen MR) is 110 cm³/mol. The molecule has 0 saturated heterocycles. The number of benzene rings is 1. The van der Waals surface area contributed by atoms with Crippen molar-refractivity contribution in [1.29, 1.82) is 0 Å². The van der Waals surface area contributed by atoms with Gasteiger partial charge in [-0.3, -0.25) is 4.79 Å². The van der Waals surface area contributed by atoms with Gasteiger partial charge in [-0.2, -0.15) is 0 Å². The molecule has 1 amide bonds. The van der Waals surface area contributed by atoms with Gasteiger partial charge in [0, 0.05) is 25.5 Å². The normalized spacial score (nSPS) is 11.0. The van der Waals surface area contributed by atoms with Gasteiger partial charge in [0.25, 0.3) is 5.56 Å². The summed E-state index contributed by atoms with van der Waals surface area (Å²) < 4.78 is 17.9. The Kier molecular flexibility index (Phi) is 7.31. The number of fused-ring (bicyclic) bond motifs is 1. The first-order valence-corrected chi connectivity index (χ1v) is 9.54. The summed E-state index contributed by atoms with van der Waals surface area (Å²) in [6.07, 6.45) is 3.02. The van der Waals surface area contributed by atoms with E-state index < -0.39 is 6.09 Å². The minimum atomic E-state index is -0.459. The highest BCUT2D eigenvalue weighted by Gasteiger charge is 2.19. The summed E-state index contributed by atoms with van der Waals surface area (Å²) in [5.41, 5.74) is -0.163. The number of aromatic nitrogens is 1. The molecule has 0 fully saturated rings. The molecule has 154 valence electrons. The molecule has 7 nitrogen and oxygen atoms in total. The number of ether oxygens (including phenoxy) is 3. The van der Waals surface area contributed by atoms with Gasteiger partial charge in [0.15, 0.2) is 17.2 Å². The minimum Gasteiger partial charge on any atom is -0.493 e. The van der Waals surface area contributed by atoms with Gasteiger partial charge < -0.3 is 23.7 Å². The standard InChI is InChI=1S/C21H30N2O5/c1-7-8-9-22(4)21(25)28-19-13-23(12-14(2)3)20(24)16-11-18(27-6)17(26-5)10-15(16)19/h10-11,13-14H,7-9,12H2,1-6H3. The van der Waals surface area contributed by atoms with Gasteiger partial charge in [-0.05, 0) is 24.5 Å². The van der Waals surface area contributed by atoms with Crippen LogP contribution in [0.5, 0.6) is 17.2 Å². The number of hydrogen-bond donors (Lipinski definition) is 0. The molecule has 2 rings (SSSR count). The molecule has 0 aliphatic carbocycles. The summed E-state index contributed by atoms with van der Waals surface area (Å²) in [6.45, 7) is 7.23. The Hall–Kier alpha value is -2.70. The van der Waals surface area contributed by atoms with E-state index in [-0.39, 0.29) is 11.5 Å². The Bertz CT molecular complexity index is 888. The second kappa shape index (κ2) is 9.48. The molecular weight excluding hydrogens is 360 g/mol. The van der Waals surface area contributed by atoms with Crippen molar-refractivity contribution >= 4 is 16.9 Å². The summed E-state index contributed by atoms with van der Waals surface area (Å²) in [5, 5.41) is 0.930. The first kappa shape index (κ1) is 21.6. The molecule has 0 unspecified atom stereocenters. The third-order valence-corrected chi connectivity index (χ3v) is 4.47. The minimum absolute atomic E-state index is 0.163. The van der Waals surface area contributed by atoms with E-state index in [4.69, 9.17) is 14.2 Å². The van der Waals surface area contributed by atoms with Gasteiger partial charge in [-0.1, -0.05) is 27.2 Å². The molecule has 0 bridgehead atoms. The summed E-state index contributed by atoms with van der Waals surface area (Å²) in [7, 11) is 4.74. The number of nitrogens with zero attached hydrogens (tertiary/aromatic N) is 2. The Morgan fingerprint density at radius 1 is 1.11 bits per heavy atom. The molecule has 0 aliphatic heterocycles. The molecule has 2 aromatic rings. The molecule has 0 N–H and O–H groups in total. The molecule has 1 aromatic carbocycles. The van der Waals surface area contributed by atoms with E-state index in [1.165, 1.54) is 19.1 Å². The van der Waals surface area contributed by atoms with Gasteiger partial charge in [0.2, 0.25) is 0 Å². The summed E-state index contributed by atoms with van der Waals surface area (Å²) in [6, 6.07) is 3.30. The van der Waals surface area contributed by atoms with Crippen molar-refractivity contribution in [3.8, 4) is 17.2 Å². The monoisotopic (exact) mass is 390 g/mol. The maximum atomic E-state index is 13.0. The largest absolute Gasteiger partial charge is 0.493 e. The summed E-state index contributed by atoms with van der Waals surface area (Å²) in [4.78, 5) is 27.0. The molecule has 0 spiro atoms. The van der Waals surface area contributed by atoms with Crippen molar-refractivity contribution in [2.45, 2.75) is 40.2 Å². The Morgan fingerprint density at radius 3 is 2.25 bits per heavy atom. The Labute approximate surface area is 165 Å². The second-order valence-electron chi connectivity index (χ2n) is 7.24. The number of methoxy groups -OCH3 is 2. The van der Waals surface area contributed by atoms with Crippen molar-refractivity contribution in [3.05, 3.63) is 28.7 Å². The first-order valence-electron chi connectivity index (χ1n) is 9.54. The van der Waals surface area contributed by atoms with Crippen molar-refractivity contribution in [2.75, 3.05) is 27.8 Å². The van der Waals surface area contributed by atoms with Crippen LogP contribution in [0.1, 0.15) is 33.6 Å². The van der Waals surface area contributed by atoms with Gasteiger partial charge in [0.05, 0.1) is 25.8 Å². The van der Waals surface area contributed by atoms with Crippen molar-refractivity contribution in [2.24, 2.45) is 5.92 Å². The fourth-order valence-electron chi connectivity index (χ4n) is 2.95. The highest BCUT2D eigenvalue weighted by molar-refractivity contribution is 5.92. The van der Waals surface area contributed by atoms with Crippen LogP contribution >= 0.6 is 0 Å². The van der Waals surface area contributed by atoms with E-state index in [0.717, 1.165) is 12.8 Å². The van der Waals surface area contributed by atoms with Crippen molar-refractivity contribution in [3.63, 3.8) is 0 Å². The lowest BCUT2D eigenvalue weighted by Crippen LogP contribution is -2.31. The van der Waals surface area contributed by atoms with Crippen molar-refractivity contribution < 1.29 is 19.0 Å². The lowest BCUT2D eigenvalue weighted by Gasteiger charge is -2.19. The number of unbranched alkanes of at least 4 members (excludes halogenated alkanes) is 1. The number of carbonyl (C=O) groups is 1. The smallest absolute Gasteiger partial charge is 0.415 e. The van der Waals surface area contributed by atoms with Crippen LogP contribution in [-0.2, 0) is 6.54 Å². The van der Waals surface area contributed by atoms with E-state index in [0.29, 0.717) is 41.1 Å². The lowest BCUT2D eigenvalue weighted by molar-refractivity contribution is 0.162. The molecule has 0 saturated carbocycles. The maximum absolute atomic E-state index is 13.0. The second-order valence-corrected chi connectivity index (χ2v) is 7.24. The number of rotatable bonds is 8. The van der Waals surface area contributed by atoms with Crippen LogP contribution in [0.2, 0.25) is 0 Å². The maximum Gasteiger partial charge on any atom is 0.415 e. The van der Waals surface area contributed by atoms with Gasteiger partial charge in [-0.15, -0.1) is 0 Å². The zero-order valence-corrected chi connectivity index (χ0v) is 17.6. The van der Waals surface area contributed by atoms with Crippen LogP contribution in [0.25, 0.3) is 10.8 Å². The van der Waals surface area contributed by atoms with Crippen LogP contribution < -0.4 is 19.8 Å². The number of carbonyl (C=O) groups excluding carboxylic acids is 1. The zero-order valence-electron chi connectivity index (χ0n) is 17.6. The third-order valence-electron chi connectivity index (χ3n) is 4.47. The highest BCUT2D eigenvalue weighted by atomic mass is 16.6. The average molecular weight is 390 g/mol. The molecule has 1 heterocycles. The SMILES string of the molecule is CCCCN(C)C(=O)Oc1cn(CC(C)C)c(=O)c2cc(OC)c(OC)cc12. The van der Waals surface area contributed by atoms with Crippen LogP contribution in [0, 0.1) is 5.92 Å². The van der Waals surface area contributed by atoms with Crippen LogP contribution in [0.3, 0.4) is 0 Å². The van der Waals surface area contributed by atoms with Crippen molar-refractivity contribution in [1.82, 2.24) is 9.47 Å². The van der Waals surface area contributed by atoms with E-state index in [9.17, 15) is 9.59 Å². The fourth-order valence-corrected chi connectivity index (χ4v) is 2.95. The van der Waals surface area contributed by atoms with Crippen LogP contribution in [0.4, 0.5) is 4.79 Å². The fraction of sp³-hybridized carbons (Fsp3) is 0.524. The highest BCUT2D eigenvalue weighted by Crippen LogP contribution is 2.35. The van der Waals surface area contributed by atoms with E-state index >= 15 is 0 Å². The molecule has 7 heteroatoms. The topological polar surface area (TPSA) is 70.0 Å². The van der Waals surface area contributed by atoms with Crippen LogP contribution in [-0.4, -0.2) is 43.4 Å². The summed E-state index contributed by atoms with van der Waals surface area (Å²) in [5.74, 6) is 1.50. The van der Waals surface area contributed by atoms with Crippen LogP contribution in [0.15, 0.2) is 23.1 Å². The van der Waals surface area contributed by atoms with E-state index in [1.807, 2.05) is 13.8 Å². The van der Waals surface area contributed by atoms with Gasteiger partial charge in [0.1, 0.15) is 0 Å². The van der Waals surface area contributed by atoms with E-state index in [2.05, 4.69) is 6.92 Å². The number of hydrogen-bond acceptors (Lipinski definition) is 5. The molecule has 1 aromatic heterocycles.